The fourth-order valence-electron chi connectivity index (χ4n) is 2.85. The van der Waals surface area contributed by atoms with E-state index >= 15 is 0 Å². The fraction of sp³-hybridized carbons (Fsp3) is 0.421. The lowest BCUT2D eigenvalue weighted by Gasteiger charge is -2.44. The van der Waals surface area contributed by atoms with Crippen LogP contribution in [0.1, 0.15) is 12.0 Å². The summed E-state index contributed by atoms with van der Waals surface area (Å²) in [5.74, 6) is 2.95. The third-order valence-electron chi connectivity index (χ3n) is 4.13. The highest BCUT2D eigenvalue weighted by molar-refractivity contribution is 9.11. The molecule has 2 heterocycles. The van der Waals surface area contributed by atoms with Crippen molar-refractivity contribution >= 4 is 30.0 Å². The van der Waals surface area contributed by atoms with Crippen molar-refractivity contribution in [1.82, 2.24) is 0 Å². The molecule has 0 radical (unpaired) electrons. The molecular formula is C19H21BrO3Si. The smallest absolute Gasteiger partial charge is 0.331 e. The average molecular weight is 405 g/mol. The lowest BCUT2D eigenvalue weighted by atomic mass is 9.73. The summed E-state index contributed by atoms with van der Waals surface area (Å²) in [6.07, 6.45) is 1.99. The Morgan fingerprint density at radius 1 is 1.33 bits per heavy atom. The van der Waals surface area contributed by atoms with Gasteiger partial charge in [-0.2, -0.15) is 0 Å². The van der Waals surface area contributed by atoms with E-state index in [1.165, 1.54) is 0 Å². The van der Waals surface area contributed by atoms with Gasteiger partial charge in [0.15, 0.2) is 5.41 Å². The lowest BCUT2D eigenvalue weighted by Crippen LogP contribution is -2.54. The molecule has 5 heteroatoms. The number of halogens is 1. The number of esters is 1. The largest absolute Gasteiger partial charge is 0.455 e. The molecule has 24 heavy (non-hydrogen) atoms. The van der Waals surface area contributed by atoms with Gasteiger partial charge in [0.2, 0.25) is 0 Å². The van der Waals surface area contributed by atoms with Crippen LogP contribution in [0.4, 0.5) is 0 Å². The number of ether oxygens (including phenoxy) is 2. The van der Waals surface area contributed by atoms with Gasteiger partial charge in [0.1, 0.15) is 14.2 Å². The maximum Gasteiger partial charge on any atom is 0.331 e. The van der Waals surface area contributed by atoms with Crippen molar-refractivity contribution in [3.8, 4) is 11.5 Å². The molecule has 0 N–H and O–H groups in total. The van der Waals surface area contributed by atoms with Crippen LogP contribution in [0.3, 0.4) is 0 Å². The van der Waals surface area contributed by atoms with E-state index in [4.69, 9.17) is 9.47 Å². The van der Waals surface area contributed by atoms with Crippen molar-refractivity contribution in [2.24, 2.45) is 5.41 Å². The summed E-state index contributed by atoms with van der Waals surface area (Å²) in [7, 11) is -1.62. The van der Waals surface area contributed by atoms with Crippen LogP contribution in [-0.2, 0) is 20.9 Å². The van der Waals surface area contributed by atoms with Gasteiger partial charge in [-0.1, -0.05) is 71.8 Å². The summed E-state index contributed by atoms with van der Waals surface area (Å²) < 4.78 is 12.6. The van der Waals surface area contributed by atoms with E-state index in [-0.39, 0.29) is 18.2 Å². The quantitative estimate of drug-likeness (QED) is 0.433. The van der Waals surface area contributed by atoms with Crippen molar-refractivity contribution in [2.45, 2.75) is 44.9 Å². The minimum atomic E-state index is -1.62. The standard InChI is InChI=1S/C19H21BrO3Si/c1-24(2,3)10-9-19-12-15(20)16(23-18(19)21)11-17(19)22-13-14-7-5-4-6-8-14/h4-8,12,16-17H,11,13H2,1-3H3/t16-,17+,19-/m0/s1. The number of carbonyl (C=O) groups is 1. The zero-order valence-electron chi connectivity index (χ0n) is 14.1. The first-order valence-electron chi connectivity index (χ1n) is 8.09. The molecule has 3 aliphatic rings. The van der Waals surface area contributed by atoms with E-state index in [1.54, 1.807) is 0 Å². The van der Waals surface area contributed by atoms with Gasteiger partial charge in [-0.15, -0.1) is 5.54 Å². The molecule has 3 atom stereocenters. The van der Waals surface area contributed by atoms with Crippen molar-refractivity contribution < 1.29 is 14.3 Å². The summed E-state index contributed by atoms with van der Waals surface area (Å²) in [4.78, 5) is 12.6. The van der Waals surface area contributed by atoms with Gasteiger partial charge in [0.25, 0.3) is 0 Å². The number of carbonyl (C=O) groups excluding carboxylic acids is 1. The van der Waals surface area contributed by atoms with Crippen molar-refractivity contribution in [3.63, 3.8) is 0 Å². The number of rotatable bonds is 3. The Hall–Kier alpha value is -1.35. The molecule has 3 nitrogen and oxygen atoms in total. The highest BCUT2D eigenvalue weighted by Gasteiger charge is 2.55. The Bertz CT molecular complexity index is 726. The second kappa shape index (κ2) is 6.51. The minimum absolute atomic E-state index is 0.256. The van der Waals surface area contributed by atoms with Crippen LogP contribution < -0.4 is 0 Å². The molecule has 0 spiro atoms. The Morgan fingerprint density at radius 3 is 2.71 bits per heavy atom. The molecule has 0 unspecified atom stereocenters. The average Bonchev–Trinajstić information content (AvgIpc) is 2.53. The highest BCUT2D eigenvalue weighted by Crippen LogP contribution is 2.46. The summed E-state index contributed by atoms with van der Waals surface area (Å²) in [6, 6.07) is 9.98. The van der Waals surface area contributed by atoms with Crippen LogP contribution in [0.5, 0.6) is 0 Å². The Balaban J connectivity index is 1.90. The van der Waals surface area contributed by atoms with E-state index in [1.807, 2.05) is 36.4 Å². The van der Waals surface area contributed by atoms with Crippen LogP contribution in [0.2, 0.25) is 19.6 Å². The van der Waals surface area contributed by atoms with Crippen molar-refractivity contribution in [1.29, 1.82) is 0 Å². The van der Waals surface area contributed by atoms with Gasteiger partial charge >= 0.3 is 5.97 Å². The monoisotopic (exact) mass is 404 g/mol. The molecule has 1 saturated heterocycles. The third-order valence-corrected chi connectivity index (χ3v) is 5.75. The topological polar surface area (TPSA) is 35.5 Å². The zero-order valence-corrected chi connectivity index (χ0v) is 16.7. The van der Waals surface area contributed by atoms with Crippen LogP contribution in [0.15, 0.2) is 40.9 Å². The minimum Gasteiger partial charge on any atom is -0.455 e. The van der Waals surface area contributed by atoms with Gasteiger partial charge in [-0.25, -0.2) is 4.79 Å². The van der Waals surface area contributed by atoms with E-state index in [0.717, 1.165) is 10.0 Å². The molecule has 1 fully saturated rings. The molecule has 2 bridgehead atoms. The molecule has 0 saturated carbocycles. The van der Waals surface area contributed by atoms with Crippen LogP contribution in [0, 0.1) is 16.9 Å². The first kappa shape index (κ1) is 17.5. The Morgan fingerprint density at radius 2 is 2.04 bits per heavy atom. The maximum absolute atomic E-state index is 12.6. The summed E-state index contributed by atoms with van der Waals surface area (Å²) in [5.41, 5.74) is 3.42. The second-order valence-electron chi connectivity index (χ2n) is 7.31. The second-order valence-corrected chi connectivity index (χ2v) is 13.0. The number of hydrogen-bond donors (Lipinski definition) is 0. The molecule has 2 aliphatic heterocycles. The van der Waals surface area contributed by atoms with Crippen LogP contribution >= 0.6 is 15.9 Å². The fourth-order valence-corrected chi connectivity index (χ4v) is 4.07. The molecule has 0 aromatic heterocycles. The maximum atomic E-state index is 12.6. The number of benzene rings is 1. The molecule has 1 aromatic rings. The molecule has 0 amide bonds. The summed E-state index contributed by atoms with van der Waals surface area (Å²) >= 11 is 3.52. The Labute approximate surface area is 152 Å². The molecule has 1 aromatic carbocycles. The van der Waals surface area contributed by atoms with Crippen LogP contribution in [-0.4, -0.2) is 26.3 Å². The number of hydrogen-bond acceptors (Lipinski definition) is 3. The first-order valence-corrected chi connectivity index (χ1v) is 12.4. The molecule has 126 valence electrons. The normalized spacial score (nSPS) is 28.7. The van der Waals surface area contributed by atoms with Gasteiger partial charge in [0.05, 0.1) is 12.7 Å². The highest BCUT2D eigenvalue weighted by atomic mass is 79.9. The van der Waals surface area contributed by atoms with E-state index < -0.39 is 13.5 Å². The zero-order chi connectivity index (χ0) is 17.4. The van der Waals surface area contributed by atoms with Gasteiger partial charge < -0.3 is 9.47 Å². The predicted octanol–water partition coefficient (Wildman–Crippen LogP) is 4.05. The van der Waals surface area contributed by atoms with Crippen LogP contribution in [0.25, 0.3) is 0 Å². The Kier molecular flexibility index (Phi) is 4.74. The SMILES string of the molecule is C[Si](C)(C)C#C[C@]12C=C(Br)[C@H](C[C@H]1OCc1ccccc1)OC2=O. The third kappa shape index (κ3) is 3.51. The van der Waals surface area contributed by atoms with Gasteiger partial charge in [0, 0.05) is 10.9 Å². The van der Waals surface area contributed by atoms with E-state index in [0.29, 0.717) is 13.0 Å². The van der Waals surface area contributed by atoms with E-state index in [2.05, 4.69) is 47.0 Å². The summed E-state index contributed by atoms with van der Waals surface area (Å²) in [6.45, 7) is 6.95. The van der Waals surface area contributed by atoms with Gasteiger partial charge in [-0.3, -0.25) is 0 Å². The first-order chi connectivity index (χ1) is 11.3. The number of fused-ring (bicyclic) bond motifs is 2. The van der Waals surface area contributed by atoms with E-state index in [9.17, 15) is 4.79 Å². The lowest BCUT2D eigenvalue weighted by molar-refractivity contribution is -0.178. The van der Waals surface area contributed by atoms with Crippen molar-refractivity contribution in [3.05, 3.63) is 46.5 Å². The van der Waals surface area contributed by atoms with Gasteiger partial charge in [-0.05, 0) is 11.6 Å². The molecular weight excluding hydrogens is 384 g/mol. The summed E-state index contributed by atoms with van der Waals surface area (Å²) in [5, 5.41) is 0. The molecule has 1 aliphatic carbocycles. The molecule has 4 rings (SSSR count). The predicted molar refractivity (Wildman–Crippen MR) is 100 cm³/mol. The van der Waals surface area contributed by atoms with Crippen molar-refractivity contribution in [2.75, 3.05) is 0 Å².